The molecule has 0 unspecified atom stereocenters. The highest BCUT2D eigenvalue weighted by molar-refractivity contribution is 6.17. The van der Waals surface area contributed by atoms with Crippen LogP contribution in [-0.4, -0.2) is 4.98 Å². The number of oxazole rings is 1. The topological polar surface area (TPSA) is 47.3 Å². The van der Waals surface area contributed by atoms with Crippen molar-refractivity contribution < 1.29 is 9.15 Å². The van der Waals surface area contributed by atoms with Crippen LogP contribution < -0.4 is 10.1 Å². The Morgan fingerprint density at radius 3 is 2.26 bits per heavy atom. The van der Waals surface area contributed by atoms with Crippen molar-refractivity contribution >= 4 is 44.4 Å². The number of rotatable bonds is 3. The fourth-order valence-electron chi connectivity index (χ4n) is 3.98. The van der Waals surface area contributed by atoms with E-state index in [0.717, 1.165) is 33.3 Å². The zero-order valence-corrected chi connectivity index (χ0v) is 16.6. The van der Waals surface area contributed by atoms with Crippen molar-refractivity contribution in [2.75, 3.05) is 5.32 Å². The molecule has 0 fully saturated rings. The van der Waals surface area contributed by atoms with Crippen LogP contribution in [0.4, 0.5) is 5.69 Å². The number of allylic oxidation sites excluding steroid dienone is 4. The van der Waals surface area contributed by atoms with E-state index in [1.165, 1.54) is 10.8 Å². The molecule has 0 radical (unpaired) electrons. The summed E-state index contributed by atoms with van der Waals surface area (Å²) >= 11 is 0. The molecule has 31 heavy (non-hydrogen) atoms. The van der Waals surface area contributed by atoms with Gasteiger partial charge in [-0.25, -0.2) is 4.98 Å². The summed E-state index contributed by atoms with van der Waals surface area (Å²) in [6, 6.07) is 24.5. The van der Waals surface area contributed by atoms with Gasteiger partial charge in [-0.05, 0) is 29.0 Å². The molecule has 0 aliphatic carbocycles. The molecule has 4 heteroatoms. The Kier molecular flexibility index (Phi) is 4.06. The summed E-state index contributed by atoms with van der Waals surface area (Å²) in [6.45, 7) is 0. The molecule has 148 valence electrons. The van der Waals surface area contributed by atoms with E-state index in [-0.39, 0.29) is 0 Å². The molecule has 2 heterocycles. The molecule has 0 amide bonds. The molecule has 0 saturated carbocycles. The van der Waals surface area contributed by atoms with Gasteiger partial charge in [-0.15, -0.1) is 0 Å². The summed E-state index contributed by atoms with van der Waals surface area (Å²) in [4.78, 5) is 4.43. The minimum Gasteiger partial charge on any atom is -0.438 e. The van der Waals surface area contributed by atoms with Crippen molar-refractivity contribution in [3.05, 3.63) is 109 Å². The molecular weight excluding hydrogens is 384 g/mol. The number of ether oxygens (including phenoxy) is 1. The van der Waals surface area contributed by atoms with E-state index in [1.54, 1.807) is 0 Å². The fraction of sp³-hybridized carbons (Fsp3) is 0. The lowest BCUT2D eigenvalue weighted by atomic mass is 9.99. The lowest BCUT2D eigenvalue weighted by molar-refractivity contribution is 0.462. The monoisotopic (exact) mass is 402 g/mol. The SMILES string of the molecule is C(=CC=C1Nc2c(c3ccccc3c3ccccc23)O1)C=Cc1nc2ccccc2o1. The number of fused-ring (bicyclic) bond motifs is 7. The minimum atomic E-state index is 0.582. The summed E-state index contributed by atoms with van der Waals surface area (Å²) in [7, 11) is 0. The quantitative estimate of drug-likeness (QED) is 0.259. The Labute approximate surface area is 178 Å². The zero-order valence-electron chi connectivity index (χ0n) is 16.6. The molecule has 1 aromatic heterocycles. The summed E-state index contributed by atoms with van der Waals surface area (Å²) < 4.78 is 11.9. The number of aromatic nitrogens is 1. The summed E-state index contributed by atoms with van der Waals surface area (Å²) in [5, 5.41) is 8.09. The first kappa shape index (κ1) is 17.5. The summed E-state index contributed by atoms with van der Waals surface area (Å²) in [5.41, 5.74) is 2.65. The number of hydrogen-bond acceptors (Lipinski definition) is 4. The number of hydrogen-bond donors (Lipinski definition) is 1. The molecular formula is C27H18N2O2. The van der Waals surface area contributed by atoms with E-state index in [1.807, 2.05) is 60.7 Å². The van der Waals surface area contributed by atoms with Gasteiger partial charge in [0.2, 0.25) is 5.89 Å². The fourth-order valence-corrected chi connectivity index (χ4v) is 3.98. The normalized spacial score (nSPS) is 14.8. The third-order valence-corrected chi connectivity index (χ3v) is 5.36. The first-order chi connectivity index (χ1) is 15.4. The van der Waals surface area contributed by atoms with Crippen molar-refractivity contribution in [1.82, 2.24) is 4.98 Å². The van der Waals surface area contributed by atoms with E-state index in [4.69, 9.17) is 9.15 Å². The van der Waals surface area contributed by atoms with Crippen LogP contribution in [0.15, 0.2) is 107 Å². The first-order valence-electron chi connectivity index (χ1n) is 10.2. The molecule has 0 saturated heterocycles. The maximum Gasteiger partial charge on any atom is 0.219 e. The predicted octanol–water partition coefficient (Wildman–Crippen LogP) is 7.05. The van der Waals surface area contributed by atoms with Crippen molar-refractivity contribution in [2.24, 2.45) is 0 Å². The van der Waals surface area contributed by atoms with Gasteiger partial charge in [0, 0.05) is 16.8 Å². The highest BCUT2D eigenvalue weighted by Gasteiger charge is 2.22. The predicted molar refractivity (Wildman–Crippen MR) is 126 cm³/mol. The Morgan fingerprint density at radius 2 is 1.42 bits per heavy atom. The molecule has 0 atom stereocenters. The first-order valence-corrected chi connectivity index (χ1v) is 10.2. The van der Waals surface area contributed by atoms with Crippen LogP contribution in [0.5, 0.6) is 5.75 Å². The zero-order chi connectivity index (χ0) is 20.6. The Hall–Kier alpha value is -4.31. The van der Waals surface area contributed by atoms with Crippen LogP contribution >= 0.6 is 0 Å². The second kappa shape index (κ2) is 7.18. The van der Waals surface area contributed by atoms with Crippen LogP contribution in [0, 0.1) is 0 Å². The van der Waals surface area contributed by atoms with Crippen molar-refractivity contribution in [3.63, 3.8) is 0 Å². The van der Waals surface area contributed by atoms with Crippen LogP contribution in [0.2, 0.25) is 0 Å². The lowest BCUT2D eigenvalue weighted by Gasteiger charge is -2.08. The van der Waals surface area contributed by atoms with E-state index in [2.05, 4.69) is 52.8 Å². The molecule has 6 rings (SSSR count). The van der Waals surface area contributed by atoms with Gasteiger partial charge in [0.05, 0.1) is 5.69 Å². The molecule has 4 nitrogen and oxygen atoms in total. The standard InChI is InChI=1S/C27H18N2O2/c1(2-16-24-28-22-14-8-9-15-23(22)30-24)3-17-25-29-26-20-12-6-4-10-18(20)19-11-5-7-13-21(19)27(26)31-25/h1-17,29H. The van der Waals surface area contributed by atoms with E-state index in [9.17, 15) is 0 Å². The van der Waals surface area contributed by atoms with Gasteiger partial charge in [0.15, 0.2) is 17.2 Å². The van der Waals surface area contributed by atoms with Gasteiger partial charge in [-0.1, -0.05) is 78.9 Å². The number of benzene rings is 4. The van der Waals surface area contributed by atoms with Crippen LogP contribution in [-0.2, 0) is 0 Å². The van der Waals surface area contributed by atoms with Crippen molar-refractivity contribution in [3.8, 4) is 5.75 Å². The van der Waals surface area contributed by atoms with Gasteiger partial charge in [0.25, 0.3) is 0 Å². The number of nitrogens with zero attached hydrogens (tertiary/aromatic N) is 1. The highest BCUT2D eigenvalue weighted by atomic mass is 16.5. The Balaban J connectivity index is 1.27. The van der Waals surface area contributed by atoms with E-state index in [0.29, 0.717) is 11.8 Å². The molecule has 4 aromatic carbocycles. The smallest absolute Gasteiger partial charge is 0.219 e. The Bertz CT molecular complexity index is 1440. The molecule has 1 N–H and O–H groups in total. The van der Waals surface area contributed by atoms with Crippen molar-refractivity contribution in [1.29, 1.82) is 0 Å². The third-order valence-electron chi connectivity index (χ3n) is 5.36. The van der Waals surface area contributed by atoms with Crippen LogP contribution in [0.3, 0.4) is 0 Å². The highest BCUT2D eigenvalue weighted by Crippen LogP contribution is 2.46. The van der Waals surface area contributed by atoms with Crippen LogP contribution in [0.25, 0.3) is 38.7 Å². The lowest BCUT2D eigenvalue weighted by Crippen LogP contribution is -1.95. The summed E-state index contributed by atoms with van der Waals surface area (Å²) in [6.07, 6.45) is 9.51. The minimum absolute atomic E-state index is 0.582. The number of nitrogens with one attached hydrogen (secondary N) is 1. The van der Waals surface area contributed by atoms with Gasteiger partial charge in [-0.2, -0.15) is 0 Å². The van der Waals surface area contributed by atoms with Gasteiger partial charge < -0.3 is 14.5 Å². The van der Waals surface area contributed by atoms with Gasteiger partial charge in [-0.3, -0.25) is 0 Å². The maximum absolute atomic E-state index is 6.18. The second-order valence-corrected chi connectivity index (χ2v) is 7.32. The maximum atomic E-state index is 6.18. The molecule has 1 aliphatic rings. The van der Waals surface area contributed by atoms with E-state index >= 15 is 0 Å². The molecule has 5 aromatic rings. The molecule has 0 spiro atoms. The average molecular weight is 402 g/mol. The van der Waals surface area contributed by atoms with Gasteiger partial charge in [0.1, 0.15) is 5.52 Å². The number of para-hydroxylation sites is 2. The molecule has 0 bridgehead atoms. The number of anilines is 1. The largest absolute Gasteiger partial charge is 0.438 e. The average Bonchev–Trinajstić information content (AvgIpc) is 3.43. The van der Waals surface area contributed by atoms with E-state index < -0.39 is 0 Å². The van der Waals surface area contributed by atoms with Crippen LogP contribution in [0.1, 0.15) is 5.89 Å². The third kappa shape index (κ3) is 3.06. The molecule has 1 aliphatic heterocycles. The summed E-state index contributed by atoms with van der Waals surface area (Å²) in [5.74, 6) is 2.15. The second-order valence-electron chi connectivity index (χ2n) is 7.32. The van der Waals surface area contributed by atoms with Crippen molar-refractivity contribution in [2.45, 2.75) is 0 Å². The Morgan fingerprint density at radius 1 is 0.710 bits per heavy atom. The van der Waals surface area contributed by atoms with Gasteiger partial charge >= 0.3 is 0 Å².